The lowest BCUT2D eigenvalue weighted by Gasteiger charge is -2.33. The number of halogens is 3. The fourth-order valence-corrected chi connectivity index (χ4v) is 3.59. The lowest BCUT2D eigenvalue weighted by atomic mass is 9.89. The summed E-state index contributed by atoms with van der Waals surface area (Å²) in [5.74, 6) is 0.400. The third-order valence-corrected chi connectivity index (χ3v) is 5.01. The molecule has 1 saturated heterocycles. The second kappa shape index (κ2) is 7.86. The molecule has 2 aromatic heterocycles. The van der Waals surface area contributed by atoms with Crippen LogP contribution in [0.25, 0.3) is 5.65 Å². The number of anilines is 1. The zero-order chi connectivity index (χ0) is 20.4. The molecule has 7 nitrogen and oxygen atoms in total. The third kappa shape index (κ3) is 4.12. The minimum absolute atomic E-state index is 0.0392. The van der Waals surface area contributed by atoms with Crippen LogP contribution in [0.3, 0.4) is 0 Å². The van der Waals surface area contributed by atoms with E-state index in [1.807, 2.05) is 29.2 Å². The highest BCUT2D eigenvalue weighted by Gasteiger charge is 2.38. The standard InChI is InChI=1S/C19H20F3N5O2/c20-19(21,22)18-24-23-16-4-5-17(25-27(16)18)26-8-6-13(7-9-26)14-2-1-3-15(12-14)29-11-10-28/h1-5,12-13,28H,6-11H2. The van der Waals surface area contributed by atoms with Gasteiger partial charge in [0, 0.05) is 13.1 Å². The van der Waals surface area contributed by atoms with Crippen molar-refractivity contribution in [3.8, 4) is 5.75 Å². The predicted octanol–water partition coefficient (Wildman–Crippen LogP) is 2.90. The Labute approximate surface area is 164 Å². The van der Waals surface area contributed by atoms with Crippen molar-refractivity contribution in [3.63, 3.8) is 0 Å². The van der Waals surface area contributed by atoms with Crippen molar-refractivity contribution in [1.82, 2.24) is 19.8 Å². The van der Waals surface area contributed by atoms with Gasteiger partial charge in [-0.2, -0.15) is 17.7 Å². The summed E-state index contributed by atoms with van der Waals surface area (Å²) in [7, 11) is 0. The zero-order valence-corrected chi connectivity index (χ0v) is 15.5. The third-order valence-electron chi connectivity index (χ3n) is 5.01. The number of aliphatic hydroxyl groups excluding tert-OH is 1. The Balaban J connectivity index is 1.47. The number of fused-ring (bicyclic) bond motifs is 1. The second-order valence-electron chi connectivity index (χ2n) is 6.89. The normalized spacial score (nSPS) is 15.8. The summed E-state index contributed by atoms with van der Waals surface area (Å²) in [6, 6.07) is 11.0. The summed E-state index contributed by atoms with van der Waals surface area (Å²) < 4.78 is 45.4. The number of piperidine rings is 1. The lowest BCUT2D eigenvalue weighted by molar-refractivity contribution is -0.146. The fourth-order valence-electron chi connectivity index (χ4n) is 3.59. The first kappa shape index (κ1) is 19.4. The SMILES string of the molecule is OCCOc1cccc(C2CCN(c3ccc4nnc(C(F)(F)F)n4n3)CC2)c1. The largest absolute Gasteiger partial charge is 0.491 e. The number of hydrogen-bond donors (Lipinski definition) is 1. The molecular formula is C19H20F3N5O2. The molecule has 3 heterocycles. The summed E-state index contributed by atoms with van der Waals surface area (Å²) in [6.45, 7) is 1.56. The van der Waals surface area contributed by atoms with Crippen LogP contribution in [0.2, 0.25) is 0 Å². The molecule has 3 aromatic rings. The monoisotopic (exact) mass is 407 g/mol. The number of hydrogen-bond acceptors (Lipinski definition) is 6. The number of benzene rings is 1. The van der Waals surface area contributed by atoms with Gasteiger partial charge in [0.25, 0.3) is 5.82 Å². The van der Waals surface area contributed by atoms with Crippen LogP contribution in [-0.4, -0.2) is 51.2 Å². The molecule has 1 aliphatic rings. The van der Waals surface area contributed by atoms with Gasteiger partial charge in [0.1, 0.15) is 18.2 Å². The summed E-state index contributed by atoms with van der Waals surface area (Å²) in [4.78, 5) is 1.97. The van der Waals surface area contributed by atoms with Crippen molar-refractivity contribution in [2.75, 3.05) is 31.2 Å². The Kier molecular flexibility index (Phi) is 5.27. The van der Waals surface area contributed by atoms with E-state index < -0.39 is 12.0 Å². The molecule has 0 radical (unpaired) electrons. The molecule has 0 bridgehead atoms. The van der Waals surface area contributed by atoms with E-state index in [1.54, 1.807) is 6.07 Å². The zero-order valence-electron chi connectivity index (χ0n) is 15.5. The van der Waals surface area contributed by atoms with E-state index in [4.69, 9.17) is 9.84 Å². The maximum atomic E-state index is 13.1. The van der Waals surface area contributed by atoms with Gasteiger partial charge in [0.05, 0.1) is 6.61 Å². The van der Waals surface area contributed by atoms with Gasteiger partial charge in [-0.15, -0.1) is 15.3 Å². The quantitative estimate of drug-likeness (QED) is 0.701. The first-order valence-electron chi connectivity index (χ1n) is 9.34. The van der Waals surface area contributed by atoms with E-state index in [0.29, 0.717) is 24.8 Å². The number of ether oxygens (including phenoxy) is 1. The smallest absolute Gasteiger partial charge is 0.453 e. The van der Waals surface area contributed by atoms with Gasteiger partial charge in [-0.3, -0.25) is 0 Å². The maximum Gasteiger partial charge on any atom is 0.453 e. The van der Waals surface area contributed by atoms with Crippen LogP contribution in [0, 0.1) is 0 Å². The van der Waals surface area contributed by atoms with Gasteiger partial charge in [-0.25, -0.2) is 0 Å². The molecule has 29 heavy (non-hydrogen) atoms. The molecule has 1 aromatic carbocycles. The van der Waals surface area contributed by atoms with Crippen LogP contribution >= 0.6 is 0 Å². The van der Waals surface area contributed by atoms with Crippen molar-refractivity contribution in [2.24, 2.45) is 0 Å². The van der Waals surface area contributed by atoms with Crippen molar-refractivity contribution in [1.29, 1.82) is 0 Å². The summed E-state index contributed by atoms with van der Waals surface area (Å²) in [6.07, 6.45) is -2.92. The highest BCUT2D eigenvalue weighted by molar-refractivity contribution is 5.46. The minimum atomic E-state index is -4.61. The van der Waals surface area contributed by atoms with Gasteiger partial charge >= 0.3 is 6.18 Å². The fraction of sp³-hybridized carbons (Fsp3) is 0.421. The molecule has 0 amide bonds. The van der Waals surface area contributed by atoms with Gasteiger partial charge in [-0.05, 0) is 48.6 Å². The first-order chi connectivity index (χ1) is 14.0. The number of alkyl halides is 3. The van der Waals surface area contributed by atoms with Crippen LogP contribution in [0.15, 0.2) is 36.4 Å². The van der Waals surface area contributed by atoms with Crippen molar-refractivity contribution in [3.05, 3.63) is 47.8 Å². The van der Waals surface area contributed by atoms with Crippen molar-refractivity contribution in [2.45, 2.75) is 24.9 Å². The Morgan fingerprint density at radius 2 is 1.90 bits per heavy atom. The number of aliphatic hydroxyl groups is 1. The van der Waals surface area contributed by atoms with Crippen LogP contribution in [0.4, 0.5) is 19.0 Å². The van der Waals surface area contributed by atoms with Gasteiger partial charge < -0.3 is 14.7 Å². The van der Waals surface area contributed by atoms with Crippen molar-refractivity contribution >= 4 is 11.5 Å². The minimum Gasteiger partial charge on any atom is -0.491 e. The number of rotatable bonds is 5. The van der Waals surface area contributed by atoms with E-state index in [1.165, 1.54) is 6.07 Å². The topological polar surface area (TPSA) is 75.8 Å². The Morgan fingerprint density at radius 3 is 2.62 bits per heavy atom. The summed E-state index contributed by atoms with van der Waals surface area (Å²) >= 11 is 0. The molecule has 0 atom stereocenters. The molecule has 1 fully saturated rings. The van der Waals surface area contributed by atoms with Gasteiger partial charge in [0.15, 0.2) is 5.65 Å². The van der Waals surface area contributed by atoms with E-state index in [0.717, 1.165) is 28.7 Å². The van der Waals surface area contributed by atoms with Crippen LogP contribution in [0.5, 0.6) is 5.75 Å². The molecule has 0 spiro atoms. The Morgan fingerprint density at radius 1 is 1.10 bits per heavy atom. The molecular weight excluding hydrogens is 387 g/mol. The molecule has 0 unspecified atom stereocenters. The molecule has 0 aliphatic carbocycles. The highest BCUT2D eigenvalue weighted by atomic mass is 19.4. The molecule has 4 rings (SSSR count). The maximum absolute atomic E-state index is 13.1. The number of nitrogens with zero attached hydrogens (tertiary/aromatic N) is 5. The Bertz CT molecular complexity index is 983. The second-order valence-corrected chi connectivity index (χ2v) is 6.89. The van der Waals surface area contributed by atoms with Crippen molar-refractivity contribution < 1.29 is 23.0 Å². The summed E-state index contributed by atoms with van der Waals surface area (Å²) in [5.41, 5.74) is 1.22. The van der Waals surface area contributed by atoms with E-state index in [9.17, 15) is 13.2 Å². The highest BCUT2D eigenvalue weighted by Crippen LogP contribution is 2.32. The average Bonchev–Trinajstić information content (AvgIpc) is 3.16. The van der Waals surface area contributed by atoms with E-state index in [2.05, 4.69) is 15.3 Å². The predicted molar refractivity (Wildman–Crippen MR) is 99.0 cm³/mol. The molecule has 0 saturated carbocycles. The van der Waals surface area contributed by atoms with Gasteiger partial charge in [0.2, 0.25) is 0 Å². The van der Waals surface area contributed by atoms with Gasteiger partial charge in [-0.1, -0.05) is 12.1 Å². The van der Waals surface area contributed by atoms with E-state index >= 15 is 0 Å². The molecule has 154 valence electrons. The van der Waals surface area contributed by atoms with E-state index in [-0.39, 0.29) is 18.9 Å². The van der Waals surface area contributed by atoms with Crippen LogP contribution in [-0.2, 0) is 6.18 Å². The first-order valence-corrected chi connectivity index (χ1v) is 9.34. The van der Waals surface area contributed by atoms with Crippen LogP contribution < -0.4 is 9.64 Å². The lowest BCUT2D eigenvalue weighted by Crippen LogP contribution is -2.34. The van der Waals surface area contributed by atoms with Crippen LogP contribution in [0.1, 0.15) is 30.1 Å². The molecule has 1 N–H and O–H groups in total. The number of aromatic nitrogens is 4. The Hall–Kier alpha value is -2.88. The molecule has 10 heteroatoms. The molecule has 1 aliphatic heterocycles. The average molecular weight is 407 g/mol. The summed E-state index contributed by atoms with van der Waals surface area (Å²) in [5, 5.41) is 19.8.